The van der Waals surface area contributed by atoms with Gasteiger partial charge in [0.15, 0.2) is 0 Å². The molecule has 0 aliphatic carbocycles. The molecule has 0 unspecified atom stereocenters. The first kappa shape index (κ1) is 15.6. The van der Waals surface area contributed by atoms with Crippen molar-refractivity contribution >= 4 is 23.6 Å². The molecule has 0 atom stereocenters. The molecule has 0 bridgehead atoms. The molecule has 0 amide bonds. The fraction of sp³-hybridized carbons (Fsp3) is 0.357. The monoisotopic (exact) mass is 280 g/mol. The molecule has 1 aromatic rings. The summed E-state index contributed by atoms with van der Waals surface area (Å²) in [6.45, 7) is 4.15. The molecule has 1 aromatic heterocycles. The lowest BCUT2D eigenvalue weighted by Gasteiger charge is -1.99. The topological polar surface area (TPSA) is 56.8 Å². The lowest BCUT2D eigenvalue weighted by Crippen LogP contribution is -2.03. The summed E-state index contributed by atoms with van der Waals surface area (Å²) >= 11 is 1.67. The summed E-state index contributed by atoms with van der Waals surface area (Å²) < 4.78 is 10.4. The maximum Gasteiger partial charge on any atom is 0.137 e. The summed E-state index contributed by atoms with van der Waals surface area (Å²) in [6, 6.07) is 4.04. The second kappa shape index (κ2) is 10.5. The molecule has 0 radical (unpaired) electrons. The number of nitrogens with zero attached hydrogens (tertiary/aromatic N) is 1. The molecule has 5 heteroatoms. The second-order valence-corrected chi connectivity index (χ2v) is 4.56. The Bertz CT molecular complexity index is 411. The van der Waals surface area contributed by atoms with Gasteiger partial charge < -0.3 is 15.2 Å². The minimum atomic E-state index is 0.325. The molecule has 1 heterocycles. The standard InChI is InChI=1S/C14H20N2O2S/c1-2-17-9-10-18-12-16-8-7-13(15)5-6-14-4-3-11-19-14/h3-8,11H,2,9-10,12,15H2,1H3/b6-5+,13-7-,16-8+. The first-order valence-corrected chi connectivity index (χ1v) is 7.03. The van der Waals surface area contributed by atoms with Crippen molar-refractivity contribution in [3.8, 4) is 0 Å². The zero-order valence-corrected chi connectivity index (χ0v) is 11.9. The van der Waals surface area contributed by atoms with E-state index in [-0.39, 0.29) is 0 Å². The SMILES string of the molecule is CCOCCOC/N=C/C=C(N)/C=C/c1cccs1. The lowest BCUT2D eigenvalue weighted by molar-refractivity contribution is 0.0563. The predicted octanol–water partition coefficient (Wildman–Crippen LogP) is 2.69. The Morgan fingerprint density at radius 2 is 2.26 bits per heavy atom. The van der Waals surface area contributed by atoms with Crippen LogP contribution in [0.25, 0.3) is 6.08 Å². The Hall–Kier alpha value is -1.43. The van der Waals surface area contributed by atoms with Crippen LogP contribution in [0, 0.1) is 0 Å². The van der Waals surface area contributed by atoms with Gasteiger partial charge in [0.25, 0.3) is 0 Å². The van der Waals surface area contributed by atoms with Gasteiger partial charge in [-0.25, -0.2) is 0 Å². The van der Waals surface area contributed by atoms with Crippen LogP contribution in [0.4, 0.5) is 0 Å². The van der Waals surface area contributed by atoms with Gasteiger partial charge in [0.05, 0.1) is 13.2 Å². The largest absolute Gasteiger partial charge is 0.399 e. The van der Waals surface area contributed by atoms with E-state index in [9.17, 15) is 0 Å². The molecule has 0 saturated heterocycles. The molecule has 19 heavy (non-hydrogen) atoms. The molecule has 2 N–H and O–H groups in total. The number of nitrogens with two attached hydrogens (primary N) is 1. The highest BCUT2D eigenvalue weighted by atomic mass is 32.1. The molecule has 0 aromatic carbocycles. The zero-order chi connectivity index (χ0) is 13.8. The summed E-state index contributed by atoms with van der Waals surface area (Å²) in [7, 11) is 0. The quantitative estimate of drug-likeness (QED) is 0.430. The number of rotatable bonds is 9. The van der Waals surface area contributed by atoms with Gasteiger partial charge in [-0.3, -0.25) is 4.99 Å². The van der Waals surface area contributed by atoms with Gasteiger partial charge in [0, 0.05) is 23.4 Å². The highest BCUT2D eigenvalue weighted by Crippen LogP contribution is 2.10. The van der Waals surface area contributed by atoms with Crippen LogP contribution < -0.4 is 5.73 Å². The third-order valence-electron chi connectivity index (χ3n) is 2.10. The van der Waals surface area contributed by atoms with Crippen LogP contribution in [-0.2, 0) is 9.47 Å². The van der Waals surface area contributed by atoms with Crippen molar-refractivity contribution in [1.29, 1.82) is 0 Å². The van der Waals surface area contributed by atoms with Gasteiger partial charge >= 0.3 is 0 Å². The Morgan fingerprint density at radius 1 is 1.42 bits per heavy atom. The van der Waals surface area contributed by atoms with Crippen LogP contribution in [0.15, 0.2) is 40.4 Å². The summed E-state index contributed by atoms with van der Waals surface area (Å²) in [5.74, 6) is 0. The van der Waals surface area contributed by atoms with Gasteiger partial charge in [-0.05, 0) is 36.6 Å². The Morgan fingerprint density at radius 3 is 3.00 bits per heavy atom. The number of ether oxygens (including phenoxy) is 2. The van der Waals surface area contributed by atoms with Crippen LogP contribution in [0.1, 0.15) is 11.8 Å². The number of thiophene rings is 1. The molecular formula is C14H20N2O2S. The van der Waals surface area contributed by atoms with E-state index in [1.54, 1.807) is 23.6 Å². The van der Waals surface area contributed by atoms with Crippen molar-refractivity contribution in [2.75, 3.05) is 26.6 Å². The average molecular weight is 280 g/mol. The van der Waals surface area contributed by atoms with Crippen molar-refractivity contribution in [2.24, 2.45) is 10.7 Å². The number of hydrogen-bond acceptors (Lipinski definition) is 5. The number of hydrogen-bond donors (Lipinski definition) is 1. The highest BCUT2D eigenvalue weighted by molar-refractivity contribution is 7.10. The fourth-order valence-corrected chi connectivity index (χ4v) is 1.80. The van der Waals surface area contributed by atoms with Gasteiger partial charge in [0.1, 0.15) is 6.73 Å². The summed E-state index contributed by atoms with van der Waals surface area (Å²) in [5.41, 5.74) is 6.46. The lowest BCUT2D eigenvalue weighted by atomic mass is 10.3. The third kappa shape index (κ3) is 8.31. The van der Waals surface area contributed by atoms with E-state index in [0.29, 0.717) is 32.2 Å². The summed E-state index contributed by atoms with van der Waals surface area (Å²) in [6.07, 6.45) is 7.22. The molecular weight excluding hydrogens is 260 g/mol. The first-order valence-electron chi connectivity index (χ1n) is 6.15. The molecule has 0 aliphatic heterocycles. The molecule has 1 rings (SSSR count). The Balaban J connectivity index is 2.16. The maximum atomic E-state index is 5.80. The Labute approximate surface area is 118 Å². The normalized spacial score (nSPS) is 12.8. The van der Waals surface area contributed by atoms with Crippen LogP contribution >= 0.6 is 11.3 Å². The molecule has 0 fully saturated rings. The van der Waals surface area contributed by atoms with E-state index < -0.39 is 0 Å². The van der Waals surface area contributed by atoms with Gasteiger partial charge in [0.2, 0.25) is 0 Å². The van der Waals surface area contributed by atoms with Gasteiger partial charge in [-0.1, -0.05) is 6.07 Å². The summed E-state index contributed by atoms with van der Waals surface area (Å²) in [5, 5.41) is 2.03. The van der Waals surface area contributed by atoms with Crippen LogP contribution in [-0.4, -0.2) is 32.8 Å². The van der Waals surface area contributed by atoms with Crippen molar-refractivity contribution < 1.29 is 9.47 Å². The minimum Gasteiger partial charge on any atom is -0.399 e. The zero-order valence-electron chi connectivity index (χ0n) is 11.1. The average Bonchev–Trinajstić information content (AvgIpc) is 2.93. The number of allylic oxidation sites excluding steroid dienone is 2. The van der Waals surface area contributed by atoms with E-state index in [1.807, 2.05) is 36.6 Å². The minimum absolute atomic E-state index is 0.325. The smallest absolute Gasteiger partial charge is 0.137 e. The van der Waals surface area contributed by atoms with E-state index in [1.165, 1.54) is 4.88 Å². The predicted molar refractivity (Wildman–Crippen MR) is 81.4 cm³/mol. The molecule has 0 aliphatic rings. The second-order valence-electron chi connectivity index (χ2n) is 3.58. The molecule has 0 saturated carbocycles. The van der Waals surface area contributed by atoms with Crippen molar-refractivity contribution in [3.05, 3.63) is 40.2 Å². The van der Waals surface area contributed by atoms with Gasteiger partial charge in [-0.15, -0.1) is 11.3 Å². The van der Waals surface area contributed by atoms with E-state index in [0.717, 1.165) is 0 Å². The molecule has 104 valence electrons. The van der Waals surface area contributed by atoms with Crippen LogP contribution in [0.3, 0.4) is 0 Å². The van der Waals surface area contributed by atoms with E-state index in [2.05, 4.69) is 4.99 Å². The highest BCUT2D eigenvalue weighted by Gasteiger charge is 1.86. The fourth-order valence-electron chi connectivity index (χ4n) is 1.18. The van der Waals surface area contributed by atoms with Gasteiger partial charge in [-0.2, -0.15) is 0 Å². The maximum absolute atomic E-state index is 5.80. The van der Waals surface area contributed by atoms with Crippen molar-refractivity contribution in [3.63, 3.8) is 0 Å². The van der Waals surface area contributed by atoms with E-state index >= 15 is 0 Å². The van der Waals surface area contributed by atoms with Crippen LogP contribution in [0.5, 0.6) is 0 Å². The summed E-state index contributed by atoms with van der Waals surface area (Å²) in [4.78, 5) is 5.24. The Kier molecular flexibility index (Phi) is 8.63. The van der Waals surface area contributed by atoms with Crippen LogP contribution in [0.2, 0.25) is 0 Å². The molecule has 0 spiro atoms. The molecule has 4 nitrogen and oxygen atoms in total. The van der Waals surface area contributed by atoms with E-state index in [4.69, 9.17) is 15.2 Å². The van der Waals surface area contributed by atoms with Crippen molar-refractivity contribution in [1.82, 2.24) is 0 Å². The third-order valence-corrected chi connectivity index (χ3v) is 2.94. The van der Waals surface area contributed by atoms with Crippen molar-refractivity contribution in [2.45, 2.75) is 6.92 Å². The first-order chi connectivity index (χ1) is 9.33. The number of aliphatic imine (C=N–C) groups is 1.